The summed E-state index contributed by atoms with van der Waals surface area (Å²) in [5, 5.41) is 5.03. The minimum absolute atomic E-state index is 0.0363. The normalized spacial score (nSPS) is 15.1. The third kappa shape index (κ3) is 4.73. The molecule has 7 heteroatoms. The summed E-state index contributed by atoms with van der Waals surface area (Å²) in [5.74, 6) is 0.159. The van der Waals surface area contributed by atoms with Gasteiger partial charge in [0.25, 0.3) is 0 Å². The molecule has 0 atom stereocenters. The van der Waals surface area contributed by atoms with Crippen molar-refractivity contribution in [1.82, 2.24) is 14.7 Å². The fourth-order valence-corrected chi connectivity index (χ4v) is 3.63. The second-order valence-electron chi connectivity index (χ2n) is 7.49. The Morgan fingerprint density at radius 3 is 2.46 bits per heavy atom. The van der Waals surface area contributed by atoms with E-state index in [9.17, 15) is 9.18 Å². The first-order valence-corrected chi connectivity index (χ1v) is 9.93. The highest BCUT2D eigenvalue weighted by molar-refractivity contribution is 6.31. The van der Waals surface area contributed by atoms with Gasteiger partial charge in [0.05, 0.1) is 5.69 Å². The molecule has 0 unspecified atom stereocenters. The molecule has 0 radical (unpaired) electrons. The summed E-state index contributed by atoms with van der Waals surface area (Å²) < 4.78 is 14.9. The first-order valence-electron chi connectivity index (χ1n) is 9.55. The van der Waals surface area contributed by atoms with Crippen LogP contribution in [-0.4, -0.2) is 46.8 Å². The van der Waals surface area contributed by atoms with E-state index >= 15 is 0 Å². The smallest absolute Gasteiger partial charge is 0.246 e. The maximum atomic E-state index is 13.1. The number of amides is 1. The van der Waals surface area contributed by atoms with Crippen LogP contribution in [0.5, 0.6) is 0 Å². The molecule has 0 saturated carbocycles. The molecule has 2 heterocycles. The molecular weight excluding hydrogens is 379 g/mol. The van der Waals surface area contributed by atoms with Crippen molar-refractivity contribution in [2.24, 2.45) is 5.92 Å². The zero-order valence-electron chi connectivity index (χ0n) is 16.5. The predicted molar refractivity (Wildman–Crippen MR) is 111 cm³/mol. The van der Waals surface area contributed by atoms with Gasteiger partial charge in [-0.1, -0.05) is 25.4 Å². The van der Waals surface area contributed by atoms with Crippen LogP contribution in [-0.2, 0) is 11.3 Å². The van der Waals surface area contributed by atoms with E-state index in [4.69, 9.17) is 11.6 Å². The van der Waals surface area contributed by atoms with Crippen LogP contribution in [0.4, 0.5) is 10.1 Å². The molecule has 0 aliphatic carbocycles. The van der Waals surface area contributed by atoms with Crippen LogP contribution in [0, 0.1) is 18.7 Å². The van der Waals surface area contributed by atoms with Gasteiger partial charge in [0, 0.05) is 50.1 Å². The van der Waals surface area contributed by atoms with Crippen LogP contribution >= 0.6 is 11.6 Å². The summed E-state index contributed by atoms with van der Waals surface area (Å²) in [6.45, 7) is 9.55. The molecule has 0 N–H and O–H groups in total. The molecule has 2 aromatic rings. The number of aromatic nitrogens is 2. The summed E-state index contributed by atoms with van der Waals surface area (Å²) in [5.41, 5.74) is 2.58. The van der Waals surface area contributed by atoms with E-state index in [0.29, 0.717) is 24.2 Å². The zero-order valence-corrected chi connectivity index (χ0v) is 17.3. The predicted octanol–water partition coefficient (Wildman–Crippen LogP) is 4.00. The van der Waals surface area contributed by atoms with Gasteiger partial charge in [-0.3, -0.25) is 9.48 Å². The number of hydrogen-bond donors (Lipinski definition) is 0. The Morgan fingerprint density at radius 2 is 1.86 bits per heavy atom. The maximum absolute atomic E-state index is 13.1. The molecule has 5 nitrogen and oxygen atoms in total. The largest absolute Gasteiger partial charge is 0.368 e. The fourth-order valence-electron chi connectivity index (χ4n) is 3.32. The number of carbonyl (C=O) groups is 1. The molecule has 0 spiro atoms. The number of aryl methyl sites for hydroxylation is 1. The number of benzene rings is 1. The van der Waals surface area contributed by atoms with Crippen molar-refractivity contribution in [1.29, 1.82) is 0 Å². The first-order chi connectivity index (χ1) is 13.3. The Labute approximate surface area is 170 Å². The molecule has 1 aromatic carbocycles. The third-order valence-corrected chi connectivity index (χ3v) is 5.22. The number of nitrogens with zero attached hydrogens (tertiary/aromatic N) is 4. The van der Waals surface area contributed by atoms with Gasteiger partial charge in [0.15, 0.2) is 0 Å². The number of anilines is 1. The molecule has 1 aliphatic rings. The minimum atomic E-state index is -0.242. The number of halogens is 2. The van der Waals surface area contributed by atoms with E-state index in [-0.39, 0.29) is 11.7 Å². The van der Waals surface area contributed by atoms with Crippen molar-refractivity contribution in [3.8, 4) is 0 Å². The lowest BCUT2D eigenvalue weighted by Crippen LogP contribution is -2.48. The summed E-state index contributed by atoms with van der Waals surface area (Å²) in [6, 6.07) is 6.46. The van der Waals surface area contributed by atoms with E-state index in [1.807, 2.05) is 11.8 Å². The van der Waals surface area contributed by atoms with E-state index < -0.39 is 0 Å². The van der Waals surface area contributed by atoms with E-state index in [0.717, 1.165) is 36.6 Å². The van der Waals surface area contributed by atoms with E-state index in [1.165, 1.54) is 12.1 Å². The Kier molecular flexibility index (Phi) is 6.39. The standard InChI is InChI=1S/C21H26ClFN4O/c1-15(2)14-27-21(22)19(16(3)24-27)8-9-20(28)26-12-10-25(11-13-26)18-6-4-17(23)5-7-18/h4-9,15H,10-14H2,1-3H3/b9-8+. The van der Waals surface area contributed by atoms with E-state index in [2.05, 4.69) is 23.8 Å². The first kappa shape index (κ1) is 20.4. The van der Waals surface area contributed by atoms with Gasteiger partial charge in [0.1, 0.15) is 11.0 Å². The van der Waals surface area contributed by atoms with Gasteiger partial charge < -0.3 is 9.80 Å². The van der Waals surface area contributed by atoms with Gasteiger partial charge in [-0.15, -0.1) is 0 Å². The molecule has 1 amide bonds. The Balaban J connectivity index is 1.60. The average Bonchev–Trinajstić information content (AvgIpc) is 2.93. The second kappa shape index (κ2) is 8.78. The molecule has 28 heavy (non-hydrogen) atoms. The molecule has 3 rings (SSSR count). The van der Waals surface area contributed by atoms with Crippen LogP contribution in [0.1, 0.15) is 25.1 Å². The Morgan fingerprint density at radius 1 is 1.21 bits per heavy atom. The number of hydrogen-bond acceptors (Lipinski definition) is 3. The van der Waals surface area contributed by atoms with Gasteiger partial charge in [-0.05, 0) is 43.2 Å². The SMILES string of the molecule is Cc1nn(CC(C)C)c(Cl)c1/C=C/C(=O)N1CCN(c2ccc(F)cc2)CC1. The number of piperazine rings is 1. The highest BCUT2D eigenvalue weighted by atomic mass is 35.5. The minimum Gasteiger partial charge on any atom is -0.368 e. The molecule has 0 bridgehead atoms. The van der Waals surface area contributed by atoms with Crippen molar-refractivity contribution in [2.75, 3.05) is 31.1 Å². The summed E-state index contributed by atoms with van der Waals surface area (Å²) in [4.78, 5) is 16.5. The third-order valence-electron chi connectivity index (χ3n) is 4.82. The van der Waals surface area contributed by atoms with Gasteiger partial charge >= 0.3 is 0 Å². The Hall–Kier alpha value is -2.34. The summed E-state index contributed by atoms with van der Waals surface area (Å²) >= 11 is 6.43. The average molecular weight is 405 g/mol. The highest BCUT2D eigenvalue weighted by Gasteiger charge is 2.20. The maximum Gasteiger partial charge on any atom is 0.246 e. The van der Waals surface area contributed by atoms with Crippen molar-refractivity contribution in [3.05, 3.63) is 52.6 Å². The van der Waals surface area contributed by atoms with Crippen LogP contribution in [0.3, 0.4) is 0 Å². The van der Waals surface area contributed by atoms with Crippen molar-refractivity contribution >= 4 is 29.3 Å². The van der Waals surface area contributed by atoms with E-state index in [1.54, 1.807) is 29.0 Å². The lowest BCUT2D eigenvalue weighted by Gasteiger charge is -2.35. The van der Waals surface area contributed by atoms with Gasteiger partial charge in [-0.25, -0.2) is 4.39 Å². The lowest BCUT2D eigenvalue weighted by atomic mass is 10.2. The lowest BCUT2D eigenvalue weighted by molar-refractivity contribution is -0.126. The second-order valence-corrected chi connectivity index (χ2v) is 7.85. The molecule has 1 saturated heterocycles. The van der Waals surface area contributed by atoms with Crippen molar-refractivity contribution in [3.63, 3.8) is 0 Å². The van der Waals surface area contributed by atoms with Gasteiger partial charge in [0.2, 0.25) is 5.91 Å². The Bertz CT molecular complexity index is 852. The molecule has 150 valence electrons. The molecule has 1 fully saturated rings. The topological polar surface area (TPSA) is 41.4 Å². The summed E-state index contributed by atoms with van der Waals surface area (Å²) in [7, 11) is 0. The zero-order chi connectivity index (χ0) is 20.3. The molecule has 1 aliphatic heterocycles. The van der Waals surface area contributed by atoms with Gasteiger partial charge in [-0.2, -0.15) is 5.10 Å². The highest BCUT2D eigenvalue weighted by Crippen LogP contribution is 2.23. The quantitative estimate of drug-likeness (QED) is 0.707. The van der Waals surface area contributed by atoms with Crippen LogP contribution in [0.2, 0.25) is 5.15 Å². The van der Waals surface area contributed by atoms with Crippen LogP contribution < -0.4 is 4.90 Å². The monoisotopic (exact) mass is 404 g/mol. The molecular formula is C21H26ClFN4O. The summed E-state index contributed by atoms with van der Waals surface area (Å²) in [6.07, 6.45) is 3.33. The number of carbonyl (C=O) groups excluding carboxylic acids is 1. The van der Waals surface area contributed by atoms with Crippen LogP contribution in [0.15, 0.2) is 30.3 Å². The molecule has 1 aromatic heterocycles. The van der Waals surface area contributed by atoms with Crippen molar-refractivity contribution < 1.29 is 9.18 Å². The van der Waals surface area contributed by atoms with Crippen molar-refractivity contribution in [2.45, 2.75) is 27.3 Å². The fraction of sp³-hybridized carbons (Fsp3) is 0.429. The van der Waals surface area contributed by atoms with Crippen LogP contribution in [0.25, 0.3) is 6.08 Å². The number of rotatable bonds is 5.